The third-order valence-corrected chi connectivity index (χ3v) is 4.29. The van der Waals surface area contributed by atoms with Gasteiger partial charge in [-0.15, -0.1) is 11.3 Å². The van der Waals surface area contributed by atoms with Gasteiger partial charge in [0.2, 0.25) is 0 Å². The lowest BCUT2D eigenvalue weighted by molar-refractivity contribution is 0.0946. The van der Waals surface area contributed by atoms with Crippen molar-refractivity contribution in [3.63, 3.8) is 0 Å². The number of amides is 1. The molecule has 0 aliphatic rings. The number of hydrogen-bond acceptors (Lipinski definition) is 4. The first-order valence-electron chi connectivity index (χ1n) is 7.01. The molecule has 0 aliphatic heterocycles. The number of carbonyl (C=O) groups is 1. The quantitative estimate of drug-likeness (QED) is 0.718. The van der Waals surface area contributed by atoms with E-state index >= 15 is 0 Å². The lowest BCUT2D eigenvalue weighted by Crippen LogP contribution is -2.23. The minimum absolute atomic E-state index is 0.220. The standard InChI is InChI=1S/C17H14ClN3OS/c18-14-9-5-4-6-12(14)10-19-16(22)15-11-23-17(21-15)20-13-7-2-1-3-8-13/h1-9,11H,10H2,(H,19,22)(H,20,21). The first-order valence-corrected chi connectivity index (χ1v) is 8.27. The van der Waals surface area contributed by atoms with E-state index in [1.807, 2.05) is 48.5 Å². The van der Waals surface area contributed by atoms with Crippen LogP contribution in [0.15, 0.2) is 60.0 Å². The molecule has 6 heteroatoms. The number of nitrogens with one attached hydrogen (secondary N) is 2. The molecule has 3 rings (SSSR count). The predicted molar refractivity (Wildman–Crippen MR) is 94.5 cm³/mol. The van der Waals surface area contributed by atoms with Crippen LogP contribution in [0.1, 0.15) is 16.1 Å². The van der Waals surface area contributed by atoms with Gasteiger partial charge in [0, 0.05) is 22.6 Å². The summed E-state index contributed by atoms with van der Waals surface area (Å²) >= 11 is 7.46. The first kappa shape index (κ1) is 15.5. The summed E-state index contributed by atoms with van der Waals surface area (Å²) in [6.45, 7) is 0.373. The van der Waals surface area contributed by atoms with Crippen LogP contribution < -0.4 is 10.6 Å². The number of aromatic nitrogens is 1. The van der Waals surface area contributed by atoms with Crippen molar-refractivity contribution in [2.45, 2.75) is 6.54 Å². The number of nitrogens with zero attached hydrogens (tertiary/aromatic N) is 1. The Morgan fingerprint density at radius 3 is 2.61 bits per heavy atom. The zero-order valence-corrected chi connectivity index (χ0v) is 13.7. The molecule has 1 amide bonds. The van der Waals surface area contributed by atoms with E-state index in [2.05, 4.69) is 15.6 Å². The Hall–Kier alpha value is -2.37. The summed E-state index contributed by atoms with van der Waals surface area (Å²) in [5.74, 6) is -0.220. The van der Waals surface area contributed by atoms with Crippen LogP contribution in [-0.4, -0.2) is 10.9 Å². The van der Waals surface area contributed by atoms with Gasteiger partial charge in [-0.2, -0.15) is 0 Å². The maximum Gasteiger partial charge on any atom is 0.271 e. The van der Waals surface area contributed by atoms with Crippen LogP contribution in [0.5, 0.6) is 0 Å². The molecule has 0 fully saturated rings. The van der Waals surface area contributed by atoms with E-state index in [1.165, 1.54) is 11.3 Å². The van der Waals surface area contributed by atoms with Crippen molar-refractivity contribution in [3.05, 3.63) is 76.3 Å². The normalized spacial score (nSPS) is 10.3. The van der Waals surface area contributed by atoms with Crippen LogP contribution in [0.4, 0.5) is 10.8 Å². The number of halogens is 1. The van der Waals surface area contributed by atoms with Crippen LogP contribution >= 0.6 is 22.9 Å². The van der Waals surface area contributed by atoms with Gasteiger partial charge < -0.3 is 10.6 Å². The van der Waals surface area contributed by atoms with Gasteiger partial charge in [-0.05, 0) is 23.8 Å². The fourth-order valence-electron chi connectivity index (χ4n) is 1.99. The highest BCUT2D eigenvalue weighted by Gasteiger charge is 2.11. The van der Waals surface area contributed by atoms with Gasteiger partial charge in [-0.25, -0.2) is 4.98 Å². The molecule has 0 aliphatic carbocycles. The summed E-state index contributed by atoms with van der Waals surface area (Å²) in [6.07, 6.45) is 0. The molecule has 0 spiro atoms. The summed E-state index contributed by atoms with van der Waals surface area (Å²) in [6, 6.07) is 17.1. The average Bonchev–Trinajstić information content (AvgIpc) is 3.03. The van der Waals surface area contributed by atoms with Crippen LogP contribution in [0.3, 0.4) is 0 Å². The van der Waals surface area contributed by atoms with Gasteiger partial charge >= 0.3 is 0 Å². The zero-order valence-electron chi connectivity index (χ0n) is 12.1. The molecule has 0 atom stereocenters. The molecule has 0 bridgehead atoms. The van der Waals surface area contributed by atoms with Crippen LogP contribution in [0.25, 0.3) is 0 Å². The molecule has 4 nitrogen and oxygen atoms in total. The predicted octanol–water partition coefficient (Wildman–Crippen LogP) is 4.47. The Morgan fingerprint density at radius 1 is 1.09 bits per heavy atom. The maximum absolute atomic E-state index is 12.2. The topological polar surface area (TPSA) is 54.0 Å². The van der Waals surface area contributed by atoms with E-state index in [-0.39, 0.29) is 5.91 Å². The highest BCUT2D eigenvalue weighted by Crippen LogP contribution is 2.21. The van der Waals surface area contributed by atoms with E-state index < -0.39 is 0 Å². The Morgan fingerprint density at radius 2 is 1.83 bits per heavy atom. The van der Waals surface area contributed by atoms with E-state index in [4.69, 9.17) is 11.6 Å². The fourth-order valence-corrected chi connectivity index (χ4v) is 2.90. The maximum atomic E-state index is 12.2. The molecule has 116 valence electrons. The highest BCUT2D eigenvalue weighted by atomic mass is 35.5. The number of rotatable bonds is 5. The van der Waals surface area contributed by atoms with Crippen LogP contribution in [0, 0.1) is 0 Å². The molecule has 2 aromatic carbocycles. The third kappa shape index (κ3) is 4.09. The van der Waals surface area contributed by atoms with E-state index in [1.54, 1.807) is 11.4 Å². The lowest BCUT2D eigenvalue weighted by Gasteiger charge is -2.05. The largest absolute Gasteiger partial charge is 0.347 e. The van der Waals surface area contributed by atoms with Gasteiger partial charge in [-0.1, -0.05) is 48.0 Å². The van der Waals surface area contributed by atoms with Gasteiger partial charge in [0.15, 0.2) is 5.13 Å². The number of hydrogen-bond donors (Lipinski definition) is 2. The van der Waals surface area contributed by atoms with E-state index in [0.29, 0.717) is 22.4 Å². The molecule has 0 radical (unpaired) electrons. The van der Waals surface area contributed by atoms with Crippen molar-refractivity contribution in [2.24, 2.45) is 0 Å². The fraction of sp³-hybridized carbons (Fsp3) is 0.0588. The van der Waals surface area contributed by atoms with E-state index in [0.717, 1.165) is 11.3 Å². The smallest absolute Gasteiger partial charge is 0.271 e. The molecule has 2 N–H and O–H groups in total. The lowest BCUT2D eigenvalue weighted by atomic mass is 10.2. The second kappa shape index (κ2) is 7.26. The summed E-state index contributed by atoms with van der Waals surface area (Å²) < 4.78 is 0. The van der Waals surface area contributed by atoms with Crippen molar-refractivity contribution in [1.29, 1.82) is 0 Å². The number of anilines is 2. The molecule has 23 heavy (non-hydrogen) atoms. The van der Waals surface area contributed by atoms with Gasteiger partial charge in [-0.3, -0.25) is 4.79 Å². The second-order valence-corrected chi connectivity index (χ2v) is 6.07. The minimum atomic E-state index is -0.220. The SMILES string of the molecule is O=C(NCc1ccccc1Cl)c1csc(Nc2ccccc2)n1. The Kier molecular flexibility index (Phi) is 4.90. The van der Waals surface area contributed by atoms with E-state index in [9.17, 15) is 4.79 Å². The summed E-state index contributed by atoms with van der Waals surface area (Å²) in [7, 11) is 0. The van der Waals surface area contributed by atoms with Crippen molar-refractivity contribution in [2.75, 3.05) is 5.32 Å². The zero-order chi connectivity index (χ0) is 16.1. The molecule has 0 saturated carbocycles. The summed E-state index contributed by atoms with van der Waals surface area (Å²) in [5.41, 5.74) is 2.20. The van der Waals surface area contributed by atoms with Crippen molar-refractivity contribution >= 4 is 39.7 Å². The summed E-state index contributed by atoms with van der Waals surface area (Å²) in [4.78, 5) is 16.5. The summed E-state index contributed by atoms with van der Waals surface area (Å²) in [5, 5.41) is 9.04. The van der Waals surface area contributed by atoms with Crippen molar-refractivity contribution in [3.8, 4) is 0 Å². The van der Waals surface area contributed by atoms with Gasteiger partial charge in [0.05, 0.1) is 0 Å². The van der Waals surface area contributed by atoms with Gasteiger partial charge in [0.25, 0.3) is 5.91 Å². The van der Waals surface area contributed by atoms with Crippen LogP contribution in [0.2, 0.25) is 5.02 Å². The second-order valence-electron chi connectivity index (χ2n) is 4.80. The number of para-hydroxylation sites is 1. The third-order valence-electron chi connectivity index (χ3n) is 3.16. The Bertz CT molecular complexity index is 804. The Labute approximate surface area is 143 Å². The number of thiazole rings is 1. The molecule has 3 aromatic rings. The molecular weight excluding hydrogens is 330 g/mol. The van der Waals surface area contributed by atoms with Gasteiger partial charge in [0.1, 0.15) is 5.69 Å². The molecule has 1 aromatic heterocycles. The highest BCUT2D eigenvalue weighted by molar-refractivity contribution is 7.14. The Balaban J connectivity index is 1.61. The van der Waals surface area contributed by atoms with Crippen molar-refractivity contribution in [1.82, 2.24) is 10.3 Å². The first-order chi connectivity index (χ1) is 11.2. The average molecular weight is 344 g/mol. The molecule has 0 unspecified atom stereocenters. The molecule has 1 heterocycles. The monoisotopic (exact) mass is 343 g/mol. The number of benzene rings is 2. The molecular formula is C17H14ClN3OS. The minimum Gasteiger partial charge on any atom is -0.347 e. The van der Waals surface area contributed by atoms with Crippen molar-refractivity contribution < 1.29 is 4.79 Å². The number of carbonyl (C=O) groups excluding carboxylic acids is 1. The molecule has 0 saturated heterocycles. The van der Waals surface area contributed by atoms with Crippen LogP contribution in [-0.2, 0) is 6.54 Å².